The smallest absolute Gasteiger partial charge is 0.0678 e. The van der Waals surface area contributed by atoms with Gasteiger partial charge in [-0.1, -0.05) is 24.3 Å². The second-order valence-corrected chi connectivity index (χ2v) is 7.67. The van der Waals surface area contributed by atoms with Gasteiger partial charge in [0.1, 0.15) is 0 Å². The van der Waals surface area contributed by atoms with E-state index >= 15 is 0 Å². The van der Waals surface area contributed by atoms with E-state index in [-0.39, 0.29) is 0 Å². The van der Waals surface area contributed by atoms with Crippen molar-refractivity contribution in [3.63, 3.8) is 0 Å². The number of hydrogen-bond donors (Lipinski definition) is 0. The van der Waals surface area contributed by atoms with Crippen LogP contribution in [0.5, 0.6) is 0 Å². The predicted octanol–water partition coefficient (Wildman–Crippen LogP) is 2.91. The van der Waals surface area contributed by atoms with E-state index in [1.165, 1.54) is 11.1 Å². The van der Waals surface area contributed by atoms with Gasteiger partial charge in [0, 0.05) is 39.3 Å². The van der Waals surface area contributed by atoms with E-state index in [0.717, 1.165) is 39.3 Å². The Labute approximate surface area is 146 Å². The van der Waals surface area contributed by atoms with Crippen LogP contribution in [0.1, 0.15) is 38.8 Å². The molecular weight excluding hydrogens is 300 g/mol. The Balaban J connectivity index is 1.66. The van der Waals surface area contributed by atoms with E-state index in [2.05, 4.69) is 61.8 Å². The molecule has 4 heteroatoms. The lowest BCUT2D eigenvalue weighted by Gasteiger charge is -2.37. The van der Waals surface area contributed by atoms with Crippen LogP contribution < -0.4 is 0 Å². The molecule has 1 aromatic carbocycles. The lowest BCUT2D eigenvalue weighted by atomic mass is 10.0. The molecule has 0 aliphatic carbocycles. The van der Waals surface area contributed by atoms with Crippen molar-refractivity contribution in [1.82, 2.24) is 9.80 Å². The topological polar surface area (TPSA) is 24.9 Å². The first-order valence-electron chi connectivity index (χ1n) is 9.32. The highest BCUT2D eigenvalue weighted by atomic mass is 16.5. The number of nitrogens with zero attached hydrogens (tertiary/aromatic N) is 2. The molecule has 2 saturated heterocycles. The third kappa shape index (κ3) is 4.79. The highest BCUT2D eigenvalue weighted by Crippen LogP contribution is 2.20. The highest BCUT2D eigenvalue weighted by molar-refractivity contribution is 5.27. The largest absolute Gasteiger partial charge is 0.373 e. The molecule has 134 valence electrons. The minimum Gasteiger partial charge on any atom is -0.373 e. The van der Waals surface area contributed by atoms with Gasteiger partial charge in [-0.3, -0.25) is 9.80 Å². The van der Waals surface area contributed by atoms with Gasteiger partial charge in [0.2, 0.25) is 0 Å². The summed E-state index contributed by atoms with van der Waals surface area (Å²) in [5.74, 6) is 0. The van der Waals surface area contributed by atoms with Gasteiger partial charge < -0.3 is 9.47 Å². The van der Waals surface area contributed by atoms with Gasteiger partial charge in [0.15, 0.2) is 0 Å². The molecule has 2 aliphatic heterocycles. The van der Waals surface area contributed by atoms with Crippen LogP contribution in [-0.2, 0) is 22.6 Å². The van der Waals surface area contributed by atoms with Gasteiger partial charge >= 0.3 is 0 Å². The van der Waals surface area contributed by atoms with E-state index in [9.17, 15) is 0 Å². The molecular formula is C20H32N2O2. The Morgan fingerprint density at radius 1 is 0.708 bits per heavy atom. The number of morpholine rings is 2. The zero-order valence-corrected chi connectivity index (χ0v) is 15.6. The third-order valence-corrected chi connectivity index (χ3v) is 4.90. The van der Waals surface area contributed by atoms with Crippen molar-refractivity contribution in [2.45, 2.75) is 65.2 Å². The summed E-state index contributed by atoms with van der Waals surface area (Å²) in [6, 6.07) is 8.90. The Kier molecular flexibility index (Phi) is 5.93. The molecule has 0 saturated carbocycles. The number of benzene rings is 1. The van der Waals surface area contributed by atoms with Gasteiger partial charge in [-0.05, 0) is 38.8 Å². The van der Waals surface area contributed by atoms with E-state index in [1.54, 1.807) is 0 Å². The molecule has 2 aliphatic rings. The summed E-state index contributed by atoms with van der Waals surface area (Å²) < 4.78 is 11.7. The monoisotopic (exact) mass is 332 g/mol. The predicted molar refractivity (Wildman–Crippen MR) is 97.0 cm³/mol. The first-order chi connectivity index (χ1) is 11.5. The minimum absolute atomic E-state index is 0.321. The van der Waals surface area contributed by atoms with Crippen LogP contribution >= 0.6 is 0 Å². The van der Waals surface area contributed by atoms with Crippen molar-refractivity contribution in [2.75, 3.05) is 26.2 Å². The maximum Gasteiger partial charge on any atom is 0.0678 e. The van der Waals surface area contributed by atoms with Crippen molar-refractivity contribution in [3.05, 3.63) is 35.4 Å². The summed E-state index contributed by atoms with van der Waals surface area (Å²) in [6.45, 7) is 14.8. The molecule has 24 heavy (non-hydrogen) atoms. The lowest BCUT2D eigenvalue weighted by Crippen LogP contribution is -2.46. The first kappa shape index (κ1) is 17.9. The zero-order valence-electron chi connectivity index (χ0n) is 15.6. The lowest BCUT2D eigenvalue weighted by molar-refractivity contribution is -0.0725. The van der Waals surface area contributed by atoms with Gasteiger partial charge in [-0.2, -0.15) is 0 Å². The zero-order chi connectivity index (χ0) is 17.1. The second-order valence-electron chi connectivity index (χ2n) is 7.67. The fourth-order valence-electron chi connectivity index (χ4n) is 4.17. The molecule has 0 unspecified atom stereocenters. The molecule has 0 aromatic heterocycles. The first-order valence-corrected chi connectivity index (χ1v) is 9.32. The summed E-state index contributed by atoms with van der Waals surface area (Å²) in [5.41, 5.74) is 2.90. The molecule has 0 amide bonds. The summed E-state index contributed by atoms with van der Waals surface area (Å²) in [4.78, 5) is 5.06. The molecule has 3 rings (SSSR count). The van der Waals surface area contributed by atoms with Crippen LogP contribution in [0.25, 0.3) is 0 Å². The second kappa shape index (κ2) is 7.96. The Morgan fingerprint density at radius 3 is 1.38 bits per heavy atom. The van der Waals surface area contributed by atoms with Crippen LogP contribution in [0, 0.1) is 0 Å². The van der Waals surface area contributed by atoms with Crippen LogP contribution in [0.2, 0.25) is 0 Å². The van der Waals surface area contributed by atoms with Gasteiger partial charge in [0.05, 0.1) is 24.4 Å². The molecule has 0 radical (unpaired) electrons. The fourth-order valence-corrected chi connectivity index (χ4v) is 4.17. The maximum absolute atomic E-state index is 5.87. The third-order valence-electron chi connectivity index (χ3n) is 4.90. The van der Waals surface area contributed by atoms with E-state index in [4.69, 9.17) is 9.47 Å². The molecule has 0 bridgehead atoms. The average Bonchev–Trinajstić information content (AvgIpc) is 2.47. The number of hydrogen-bond acceptors (Lipinski definition) is 4. The molecule has 0 spiro atoms. The SMILES string of the molecule is C[C@@H]1CN(Cc2ccccc2CN2C[C@H](C)O[C@@H](C)C2)C[C@@H](C)O1. The van der Waals surface area contributed by atoms with E-state index < -0.39 is 0 Å². The number of rotatable bonds is 4. The molecule has 1 aromatic rings. The highest BCUT2D eigenvalue weighted by Gasteiger charge is 2.25. The quantitative estimate of drug-likeness (QED) is 0.846. The van der Waals surface area contributed by atoms with E-state index in [0.29, 0.717) is 24.4 Å². The Morgan fingerprint density at radius 2 is 1.04 bits per heavy atom. The normalized spacial score (nSPS) is 32.8. The van der Waals surface area contributed by atoms with Gasteiger partial charge in [0.25, 0.3) is 0 Å². The van der Waals surface area contributed by atoms with Crippen molar-refractivity contribution < 1.29 is 9.47 Å². The maximum atomic E-state index is 5.87. The van der Waals surface area contributed by atoms with Crippen molar-refractivity contribution >= 4 is 0 Å². The molecule has 2 fully saturated rings. The molecule has 2 heterocycles. The average molecular weight is 332 g/mol. The minimum atomic E-state index is 0.321. The molecule has 0 N–H and O–H groups in total. The van der Waals surface area contributed by atoms with Crippen molar-refractivity contribution in [1.29, 1.82) is 0 Å². The van der Waals surface area contributed by atoms with E-state index in [1.807, 2.05) is 0 Å². The van der Waals surface area contributed by atoms with Crippen LogP contribution in [-0.4, -0.2) is 60.4 Å². The van der Waals surface area contributed by atoms with Gasteiger partial charge in [-0.15, -0.1) is 0 Å². The Bertz CT molecular complexity index is 469. The van der Waals surface area contributed by atoms with Crippen molar-refractivity contribution in [2.24, 2.45) is 0 Å². The van der Waals surface area contributed by atoms with Crippen LogP contribution in [0.15, 0.2) is 24.3 Å². The van der Waals surface area contributed by atoms with Crippen LogP contribution in [0.4, 0.5) is 0 Å². The fraction of sp³-hybridized carbons (Fsp3) is 0.700. The number of ether oxygens (including phenoxy) is 2. The molecule has 4 atom stereocenters. The standard InChI is InChI=1S/C20H32N2O2/c1-15-9-21(10-16(2)23-15)13-19-7-5-6-8-20(19)14-22-11-17(3)24-18(4)12-22/h5-8,15-18H,9-14H2,1-4H3/t15-,16-,17+,18+. The summed E-state index contributed by atoms with van der Waals surface area (Å²) in [5, 5.41) is 0. The van der Waals surface area contributed by atoms with Gasteiger partial charge in [-0.25, -0.2) is 0 Å². The van der Waals surface area contributed by atoms with Crippen LogP contribution in [0.3, 0.4) is 0 Å². The summed E-state index contributed by atoms with van der Waals surface area (Å²) in [7, 11) is 0. The summed E-state index contributed by atoms with van der Waals surface area (Å²) >= 11 is 0. The molecule has 4 nitrogen and oxygen atoms in total. The Hall–Kier alpha value is -0.940. The van der Waals surface area contributed by atoms with Crippen molar-refractivity contribution in [3.8, 4) is 0 Å². The summed E-state index contributed by atoms with van der Waals surface area (Å²) in [6.07, 6.45) is 1.28.